The number of hydrogen-bond donors (Lipinski definition) is 3. The lowest BCUT2D eigenvalue weighted by atomic mass is 10.0. The first-order chi connectivity index (χ1) is 9.45. The van der Waals surface area contributed by atoms with Crippen LogP contribution >= 0.6 is 0 Å². The lowest BCUT2D eigenvalue weighted by Crippen LogP contribution is -2.29. The van der Waals surface area contributed by atoms with Crippen molar-refractivity contribution < 1.29 is 29.6 Å². The normalized spacial score (nSPS) is 13.6. The zero-order valence-corrected chi connectivity index (χ0v) is 11.2. The molecule has 1 rings (SSSR count). The van der Waals surface area contributed by atoms with Gasteiger partial charge in [0.15, 0.2) is 6.10 Å². The van der Waals surface area contributed by atoms with E-state index < -0.39 is 24.1 Å². The Morgan fingerprint density at radius 3 is 2.30 bits per heavy atom. The van der Waals surface area contributed by atoms with Crippen LogP contribution in [-0.4, -0.2) is 40.5 Å². The number of benzene rings is 1. The van der Waals surface area contributed by atoms with Gasteiger partial charge in [-0.2, -0.15) is 0 Å². The van der Waals surface area contributed by atoms with Crippen molar-refractivity contribution in [2.24, 2.45) is 0 Å². The van der Waals surface area contributed by atoms with Crippen LogP contribution in [0.3, 0.4) is 0 Å². The molecule has 0 fully saturated rings. The van der Waals surface area contributed by atoms with E-state index in [0.29, 0.717) is 18.4 Å². The van der Waals surface area contributed by atoms with Crippen molar-refractivity contribution in [3.05, 3.63) is 35.4 Å². The van der Waals surface area contributed by atoms with E-state index in [1.54, 1.807) is 24.3 Å². The second-order valence-electron chi connectivity index (χ2n) is 4.40. The molecule has 0 aromatic heterocycles. The van der Waals surface area contributed by atoms with Crippen LogP contribution in [0.15, 0.2) is 24.3 Å². The minimum absolute atomic E-state index is 0.103. The minimum atomic E-state index is -1.63. The summed E-state index contributed by atoms with van der Waals surface area (Å²) in [5.74, 6) is -1.73. The van der Waals surface area contributed by atoms with E-state index in [1.807, 2.05) is 0 Å². The molecule has 3 N–H and O–H groups in total. The van der Waals surface area contributed by atoms with Crippen molar-refractivity contribution in [1.29, 1.82) is 0 Å². The van der Waals surface area contributed by atoms with Crippen LogP contribution in [-0.2, 0) is 20.7 Å². The number of esters is 1. The van der Waals surface area contributed by atoms with E-state index in [9.17, 15) is 19.8 Å². The summed E-state index contributed by atoms with van der Waals surface area (Å²) in [6, 6.07) is 6.63. The number of ether oxygens (including phenoxy) is 1. The highest BCUT2D eigenvalue weighted by atomic mass is 16.5. The van der Waals surface area contributed by atoms with Crippen molar-refractivity contribution >= 4 is 11.9 Å². The Morgan fingerprint density at radius 2 is 1.80 bits per heavy atom. The number of aliphatic hydroxyl groups excluding tert-OH is 2. The highest BCUT2D eigenvalue weighted by Crippen LogP contribution is 2.19. The predicted molar refractivity (Wildman–Crippen MR) is 70.0 cm³/mol. The number of methoxy groups -OCH3 is 1. The van der Waals surface area contributed by atoms with Crippen LogP contribution in [0.4, 0.5) is 0 Å². The lowest BCUT2D eigenvalue weighted by molar-refractivity contribution is -0.156. The van der Waals surface area contributed by atoms with Gasteiger partial charge in [0.1, 0.15) is 6.10 Å². The molecule has 0 amide bonds. The number of rotatable bonds is 7. The number of hydrogen-bond acceptors (Lipinski definition) is 5. The number of carboxylic acids is 1. The average molecular weight is 282 g/mol. The monoisotopic (exact) mass is 282 g/mol. The van der Waals surface area contributed by atoms with Crippen molar-refractivity contribution in [2.75, 3.05) is 7.11 Å². The molecule has 0 spiro atoms. The Morgan fingerprint density at radius 1 is 1.20 bits per heavy atom. The zero-order chi connectivity index (χ0) is 15.1. The molecule has 0 radical (unpaired) electrons. The Labute approximate surface area is 116 Å². The molecule has 0 saturated heterocycles. The lowest BCUT2D eigenvalue weighted by Gasteiger charge is -2.16. The van der Waals surface area contributed by atoms with Crippen molar-refractivity contribution in [3.63, 3.8) is 0 Å². The number of aliphatic hydroxyl groups is 2. The molecule has 0 aliphatic carbocycles. The van der Waals surface area contributed by atoms with E-state index in [2.05, 4.69) is 4.74 Å². The number of aliphatic carboxylic acids is 1. The third-order valence-corrected chi connectivity index (χ3v) is 2.92. The molecule has 0 aliphatic rings. The molecular formula is C14H18O6. The fraction of sp³-hybridized carbons (Fsp3) is 0.429. The maximum Gasteiger partial charge on any atom is 0.337 e. The van der Waals surface area contributed by atoms with E-state index in [4.69, 9.17) is 5.11 Å². The smallest absolute Gasteiger partial charge is 0.337 e. The molecule has 2 unspecified atom stereocenters. The van der Waals surface area contributed by atoms with Gasteiger partial charge in [0.2, 0.25) is 0 Å². The molecule has 20 heavy (non-hydrogen) atoms. The summed E-state index contributed by atoms with van der Waals surface area (Å²) in [6.45, 7) is 0. The SMILES string of the molecule is COC(=O)C(O)C(O)c1ccc(CCCC(=O)O)cc1. The summed E-state index contributed by atoms with van der Waals surface area (Å²) in [5, 5.41) is 27.9. The number of carboxylic acid groups (broad SMARTS) is 1. The third kappa shape index (κ3) is 4.64. The van der Waals surface area contributed by atoms with Crippen LogP contribution in [0.5, 0.6) is 0 Å². The quantitative estimate of drug-likeness (QED) is 0.635. The first-order valence-electron chi connectivity index (χ1n) is 6.20. The van der Waals surface area contributed by atoms with Crippen LogP contribution in [0, 0.1) is 0 Å². The van der Waals surface area contributed by atoms with Gasteiger partial charge in [0, 0.05) is 6.42 Å². The summed E-state index contributed by atoms with van der Waals surface area (Å²) in [6.07, 6.45) is -1.73. The average Bonchev–Trinajstić information content (AvgIpc) is 2.45. The maximum atomic E-state index is 11.1. The maximum absolute atomic E-state index is 11.1. The first-order valence-corrected chi connectivity index (χ1v) is 6.20. The van der Waals surface area contributed by atoms with Gasteiger partial charge in [-0.25, -0.2) is 4.79 Å². The highest BCUT2D eigenvalue weighted by molar-refractivity contribution is 5.75. The van der Waals surface area contributed by atoms with Gasteiger partial charge >= 0.3 is 11.9 Å². The second kappa shape index (κ2) is 7.62. The highest BCUT2D eigenvalue weighted by Gasteiger charge is 2.26. The third-order valence-electron chi connectivity index (χ3n) is 2.92. The Hall–Kier alpha value is -1.92. The van der Waals surface area contributed by atoms with Crippen LogP contribution < -0.4 is 0 Å². The topological polar surface area (TPSA) is 104 Å². The molecule has 0 heterocycles. The van der Waals surface area contributed by atoms with Crippen molar-refractivity contribution in [3.8, 4) is 0 Å². The summed E-state index contributed by atoms with van der Waals surface area (Å²) in [4.78, 5) is 21.5. The van der Waals surface area contributed by atoms with Gasteiger partial charge in [-0.3, -0.25) is 4.79 Å². The van der Waals surface area contributed by atoms with Gasteiger partial charge in [-0.15, -0.1) is 0 Å². The van der Waals surface area contributed by atoms with Gasteiger partial charge in [-0.1, -0.05) is 24.3 Å². The fourth-order valence-corrected chi connectivity index (χ4v) is 1.76. The van der Waals surface area contributed by atoms with Gasteiger partial charge in [-0.05, 0) is 24.0 Å². The fourth-order valence-electron chi connectivity index (χ4n) is 1.76. The predicted octanol–water partition coefficient (Wildman–Crippen LogP) is 0.661. The van der Waals surface area contributed by atoms with Gasteiger partial charge in [0.05, 0.1) is 7.11 Å². The Kier molecular flexibility index (Phi) is 6.14. The Bertz CT molecular complexity index is 453. The van der Waals surface area contributed by atoms with Crippen LogP contribution in [0.2, 0.25) is 0 Å². The minimum Gasteiger partial charge on any atom is -0.481 e. The largest absolute Gasteiger partial charge is 0.481 e. The molecule has 6 nitrogen and oxygen atoms in total. The summed E-state index contributed by atoms with van der Waals surface area (Å²) < 4.78 is 4.35. The zero-order valence-electron chi connectivity index (χ0n) is 11.2. The summed E-state index contributed by atoms with van der Waals surface area (Å²) in [5.41, 5.74) is 1.32. The molecule has 0 saturated carbocycles. The van der Waals surface area contributed by atoms with Gasteiger partial charge < -0.3 is 20.1 Å². The number of carbonyl (C=O) groups excluding carboxylic acids is 1. The molecule has 0 aliphatic heterocycles. The molecule has 1 aromatic carbocycles. The molecule has 1 aromatic rings. The molecule has 0 bridgehead atoms. The van der Waals surface area contributed by atoms with Crippen LogP contribution in [0.1, 0.15) is 30.1 Å². The van der Waals surface area contributed by atoms with Crippen molar-refractivity contribution in [1.82, 2.24) is 0 Å². The summed E-state index contributed by atoms with van der Waals surface area (Å²) >= 11 is 0. The van der Waals surface area contributed by atoms with E-state index >= 15 is 0 Å². The summed E-state index contributed by atoms with van der Waals surface area (Å²) in [7, 11) is 1.13. The van der Waals surface area contributed by atoms with Crippen molar-refractivity contribution in [2.45, 2.75) is 31.5 Å². The second-order valence-corrected chi connectivity index (χ2v) is 4.40. The molecule has 2 atom stereocenters. The standard InChI is InChI=1S/C14H18O6/c1-20-14(19)13(18)12(17)10-7-5-9(6-8-10)3-2-4-11(15)16/h5-8,12-13,17-18H,2-4H2,1H3,(H,15,16). The van der Waals surface area contributed by atoms with Crippen LogP contribution in [0.25, 0.3) is 0 Å². The first kappa shape index (κ1) is 16.1. The van der Waals surface area contributed by atoms with E-state index in [0.717, 1.165) is 12.7 Å². The molecule has 6 heteroatoms. The van der Waals surface area contributed by atoms with E-state index in [-0.39, 0.29) is 6.42 Å². The molecular weight excluding hydrogens is 264 g/mol. The number of carbonyl (C=O) groups is 2. The Balaban J connectivity index is 2.61. The number of aryl methyl sites for hydroxylation is 1. The van der Waals surface area contributed by atoms with Gasteiger partial charge in [0.25, 0.3) is 0 Å². The van der Waals surface area contributed by atoms with E-state index in [1.165, 1.54) is 0 Å². The molecule has 110 valence electrons.